The van der Waals surface area contributed by atoms with Crippen LogP contribution in [0, 0.1) is 6.92 Å². The van der Waals surface area contributed by atoms with E-state index in [0.717, 1.165) is 16.0 Å². The van der Waals surface area contributed by atoms with Crippen LogP contribution in [0.25, 0.3) is 5.57 Å². The van der Waals surface area contributed by atoms with Crippen LogP contribution >= 0.6 is 0 Å². The smallest absolute Gasteiger partial charge is 0.153 e. The van der Waals surface area contributed by atoms with Crippen LogP contribution in [0.5, 0.6) is 0 Å². The summed E-state index contributed by atoms with van der Waals surface area (Å²) in [4.78, 5) is 0.859. The molecule has 0 heterocycles. The number of aryl methyl sites for hydroxylation is 1. The van der Waals surface area contributed by atoms with Crippen LogP contribution < -0.4 is 0 Å². The predicted molar refractivity (Wildman–Crippen MR) is 77.9 cm³/mol. The molecule has 0 spiro atoms. The van der Waals surface area contributed by atoms with Crippen LogP contribution in [0.4, 0.5) is 0 Å². The molecule has 2 rings (SSSR count). The summed E-state index contributed by atoms with van der Waals surface area (Å²) >= 11 is -1.02. The fourth-order valence-corrected chi connectivity index (χ4v) is 2.78. The molecule has 18 heavy (non-hydrogen) atoms. The van der Waals surface area contributed by atoms with Crippen molar-refractivity contribution in [3.8, 4) is 0 Å². The summed E-state index contributed by atoms with van der Waals surface area (Å²) in [6, 6.07) is 17.7. The average Bonchev–Trinajstić information content (AvgIpc) is 2.40. The number of benzene rings is 2. The molecule has 1 nitrogen and oxygen atoms in total. The average molecular weight is 256 g/mol. The quantitative estimate of drug-likeness (QED) is 0.763. The second kappa shape index (κ2) is 5.89. The van der Waals surface area contributed by atoms with Gasteiger partial charge in [0, 0.05) is 5.57 Å². The Morgan fingerprint density at radius 1 is 1.06 bits per heavy atom. The maximum absolute atomic E-state index is 12.2. The van der Waals surface area contributed by atoms with Crippen molar-refractivity contribution < 1.29 is 4.55 Å². The molecular weight excluding hydrogens is 240 g/mol. The van der Waals surface area contributed by atoms with Gasteiger partial charge in [0.05, 0.1) is 0 Å². The van der Waals surface area contributed by atoms with E-state index < -0.39 is 11.2 Å². The van der Waals surface area contributed by atoms with Crippen molar-refractivity contribution in [2.75, 3.05) is 5.75 Å². The Hall–Kier alpha value is -1.51. The molecule has 0 bridgehead atoms. The van der Waals surface area contributed by atoms with Crippen LogP contribution in [0.15, 0.2) is 66.1 Å². The van der Waals surface area contributed by atoms with Gasteiger partial charge in [0.1, 0.15) is 5.75 Å². The minimum Gasteiger partial charge on any atom is -0.611 e. The van der Waals surface area contributed by atoms with Crippen molar-refractivity contribution in [1.29, 1.82) is 0 Å². The van der Waals surface area contributed by atoms with E-state index in [9.17, 15) is 4.55 Å². The number of rotatable bonds is 4. The van der Waals surface area contributed by atoms with Gasteiger partial charge in [0.25, 0.3) is 0 Å². The largest absolute Gasteiger partial charge is 0.611 e. The van der Waals surface area contributed by atoms with Gasteiger partial charge in [0.2, 0.25) is 0 Å². The van der Waals surface area contributed by atoms with Gasteiger partial charge < -0.3 is 4.55 Å². The zero-order valence-corrected chi connectivity index (χ0v) is 11.2. The molecule has 1 atom stereocenters. The second-order valence-electron chi connectivity index (χ2n) is 4.27. The van der Waals surface area contributed by atoms with Crippen molar-refractivity contribution in [1.82, 2.24) is 0 Å². The van der Waals surface area contributed by atoms with Crippen molar-refractivity contribution in [2.45, 2.75) is 11.8 Å². The molecule has 2 heteroatoms. The Labute approximate surface area is 111 Å². The number of hydrogen-bond donors (Lipinski definition) is 0. The topological polar surface area (TPSA) is 23.1 Å². The highest BCUT2D eigenvalue weighted by atomic mass is 32.2. The summed E-state index contributed by atoms with van der Waals surface area (Å²) in [6.45, 7) is 6.04. The molecule has 0 amide bonds. The van der Waals surface area contributed by atoms with E-state index >= 15 is 0 Å². The van der Waals surface area contributed by atoms with E-state index in [-0.39, 0.29) is 0 Å². The molecule has 2 aromatic rings. The van der Waals surface area contributed by atoms with E-state index in [2.05, 4.69) is 6.58 Å². The lowest BCUT2D eigenvalue weighted by Gasteiger charge is -2.12. The van der Waals surface area contributed by atoms with Gasteiger partial charge in [-0.25, -0.2) is 0 Å². The minimum absolute atomic E-state index is 0.479. The molecule has 92 valence electrons. The first-order valence-corrected chi connectivity index (χ1v) is 7.17. The molecule has 0 aliphatic heterocycles. The highest BCUT2D eigenvalue weighted by Crippen LogP contribution is 2.19. The zero-order chi connectivity index (χ0) is 13.0. The van der Waals surface area contributed by atoms with Crippen molar-refractivity contribution in [2.24, 2.45) is 0 Å². The summed E-state index contributed by atoms with van der Waals surface area (Å²) in [5, 5.41) is 0. The van der Waals surface area contributed by atoms with E-state index in [0.29, 0.717) is 5.75 Å². The van der Waals surface area contributed by atoms with Crippen LogP contribution in [0.1, 0.15) is 11.1 Å². The fraction of sp³-hybridized carbons (Fsp3) is 0.125. The third kappa shape index (κ3) is 3.25. The van der Waals surface area contributed by atoms with E-state index in [4.69, 9.17) is 0 Å². The standard InChI is InChI=1S/C16H16OS/c1-13-8-10-16(11-9-13)18(17)12-14(2)15-6-4-3-5-7-15/h3-11H,2,12H2,1H3. The zero-order valence-electron chi connectivity index (χ0n) is 10.4. The Bertz CT molecular complexity index is 517. The van der Waals surface area contributed by atoms with Gasteiger partial charge in [-0.05, 0) is 35.8 Å². The summed E-state index contributed by atoms with van der Waals surface area (Å²) < 4.78 is 12.2. The van der Waals surface area contributed by atoms with Crippen molar-refractivity contribution in [3.05, 3.63) is 72.3 Å². The van der Waals surface area contributed by atoms with E-state index in [1.807, 2.05) is 61.5 Å². The Balaban J connectivity index is 2.06. The Kier molecular flexibility index (Phi) is 4.24. The molecule has 2 aromatic carbocycles. The Morgan fingerprint density at radius 3 is 2.28 bits per heavy atom. The minimum atomic E-state index is -1.02. The molecule has 0 N–H and O–H groups in total. The summed E-state index contributed by atoms with van der Waals surface area (Å²) in [6.07, 6.45) is 0. The van der Waals surface area contributed by atoms with Gasteiger partial charge >= 0.3 is 0 Å². The molecule has 0 aromatic heterocycles. The maximum atomic E-state index is 12.2. The van der Waals surface area contributed by atoms with Gasteiger partial charge in [0.15, 0.2) is 4.90 Å². The highest BCUT2D eigenvalue weighted by molar-refractivity contribution is 7.91. The summed E-state index contributed by atoms with van der Waals surface area (Å²) in [7, 11) is 0. The molecule has 0 radical (unpaired) electrons. The molecule has 0 saturated heterocycles. The fourth-order valence-electron chi connectivity index (χ4n) is 1.69. The lowest BCUT2D eigenvalue weighted by Crippen LogP contribution is -2.08. The first-order valence-electron chi connectivity index (χ1n) is 5.85. The van der Waals surface area contributed by atoms with Gasteiger partial charge in [-0.2, -0.15) is 0 Å². The third-order valence-electron chi connectivity index (χ3n) is 2.77. The summed E-state index contributed by atoms with van der Waals surface area (Å²) in [5.74, 6) is 0.479. The van der Waals surface area contributed by atoms with Gasteiger partial charge in [-0.15, -0.1) is 0 Å². The first kappa shape index (κ1) is 12.9. The molecule has 0 fully saturated rings. The first-order chi connectivity index (χ1) is 8.66. The van der Waals surface area contributed by atoms with Crippen molar-refractivity contribution >= 4 is 16.7 Å². The molecule has 0 saturated carbocycles. The van der Waals surface area contributed by atoms with Crippen LogP contribution in [-0.2, 0) is 11.2 Å². The predicted octanol–water partition coefficient (Wildman–Crippen LogP) is 3.82. The lowest BCUT2D eigenvalue weighted by molar-refractivity contribution is 0.598. The van der Waals surface area contributed by atoms with Crippen LogP contribution in [0.2, 0.25) is 0 Å². The SMILES string of the molecule is C=C(C[S+]([O-])c1ccc(C)cc1)c1ccccc1. The van der Waals surface area contributed by atoms with E-state index in [1.54, 1.807) is 0 Å². The molecule has 1 unspecified atom stereocenters. The van der Waals surface area contributed by atoms with Crippen molar-refractivity contribution in [3.63, 3.8) is 0 Å². The Morgan fingerprint density at radius 2 is 1.67 bits per heavy atom. The maximum Gasteiger partial charge on any atom is 0.153 e. The second-order valence-corrected chi connectivity index (χ2v) is 5.72. The molecule has 0 aliphatic carbocycles. The van der Waals surface area contributed by atoms with Crippen LogP contribution in [-0.4, -0.2) is 10.3 Å². The summed E-state index contributed by atoms with van der Waals surface area (Å²) in [5.41, 5.74) is 3.14. The van der Waals surface area contributed by atoms with Gasteiger partial charge in [-0.3, -0.25) is 0 Å². The highest BCUT2D eigenvalue weighted by Gasteiger charge is 2.13. The lowest BCUT2D eigenvalue weighted by atomic mass is 10.1. The normalized spacial score (nSPS) is 12.1. The van der Waals surface area contributed by atoms with E-state index in [1.165, 1.54) is 5.56 Å². The molecule has 0 aliphatic rings. The molecular formula is C16H16OS. The third-order valence-corrected chi connectivity index (χ3v) is 4.18. The monoisotopic (exact) mass is 256 g/mol. The van der Waals surface area contributed by atoms with Gasteiger partial charge in [-0.1, -0.05) is 54.6 Å². The number of hydrogen-bond acceptors (Lipinski definition) is 1. The van der Waals surface area contributed by atoms with Crippen LogP contribution in [0.3, 0.4) is 0 Å².